The van der Waals surface area contributed by atoms with Crippen molar-refractivity contribution in [3.05, 3.63) is 12.2 Å². The molecule has 0 saturated carbocycles. The van der Waals surface area contributed by atoms with Crippen LogP contribution in [0.1, 0.15) is 121 Å². The minimum atomic E-state index is -1.89. The highest BCUT2D eigenvalue weighted by molar-refractivity contribution is 5.77. The lowest BCUT2D eigenvalue weighted by molar-refractivity contribution is -0.318. The predicted octanol–water partition coefficient (Wildman–Crippen LogP) is 3.13. The molecule has 16 nitrogen and oxygen atoms in total. The summed E-state index contributed by atoms with van der Waals surface area (Å²) in [5, 5.41) is 62.5. The van der Waals surface area contributed by atoms with E-state index < -0.39 is 96.0 Å². The minimum absolute atomic E-state index is 0.0929. The number of methoxy groups -OCH3 is 1. The first-order valence-corrected chi connectivity index (χ1v) is 23.0. The number of nitrogens with one attached hydrogen (secondary N) is 1. The van der Waals surface area contributed by atoms with Crippen LogP contribution in [0.4, 0.5) is 0 Å². The number of allylic oxidation sites excluding steroid dienone is 1. The fraction of sp³-hybridized carbons (Fsp3) is 0.913. The Labute approximate surface area is 371 Å². The largest absolute Gasteiger partial charge is 0.459 e. The maximum atomic E-state index is 14.5. The quantitative estimate of drug-likeness (QED) is 0.0842. The molecule has 0 aromatic rings. The predicted molar refractivity (Wildman–Crippen MR) is 235 cm³/mol. The van der Waals surface area contributed by atoms with E-state index in [4.69, 9.17) is 28.4 Å². The molecule has 6 N–H and O–H groups in total. The van der Waals surface area contributed by atoms with E-state index in [-0.39, 0.29) is 49.7 Å². The molecular weight excluding hydrogens is 803 g/mol. The molecule has 62 heavy (non-hydrogen) atoms. The first kappa shape index (κ1) is 54.5. The van der Waals surface area contributed by atoms with E-state index in [1.165, 1.54) is 14.0 Å². The van der Waals surface area contributed by atoms with Gasteiger partial charge in [0.05, 0.1) is 41.5 Å². The number of carbonyl (C=O) groups excluding carboxylic acids is 2. The van der Waals surface area contributed by atoms with Gasteiger partial charge in [0.1, 0.15) is 30.0 Å². The Kier molecular flexibility index (Phi) is 20.7. The van der Waals surface area contributed by atoms with Crippen molar-refractivity contribution in [3.63, 3.8) is 0 Å². The monoisotopic (exact) mass is 888 g/mol. The van der Waals surface area contributed by atoms with Crippen molar-refractivity contribution < 1.29 is 63.5 Å². The van der Waals surface area contributed by atoms with Crippen molar-refractivity contribution in [1.82, 2.24) is 15.1 Å². The highest BCUT2D eigenvalue weighted by Gasteiger charge is 2.53. The van der Waals surface area contributed by atoms with Gasteiger partial charge in [0.15, 0.2) is 12.6 Å². The van der Waals surface area contributed by atoms with Gasteiger partial charge < -0.3 is 64.2 Å². The summed E-state index contributed by atoms with van der Waals surface area (Å²) < 4.78 is 38.0. The van der Waals surface area contributed by atoms with Gasteiger partial charge in [-0.1, -0.05) is 39.8 Å². The number of rotatable bonds is 14. The van der Waals surface area contributed by atoms with Crippen LogP contribution >= 0.6 is 0 Å². The molecule has 0 aromatic carbocycles. The van der Waals surface area contributed by atoms with Crippen LogP contribution in [0.15, 0.2) is 12.2 Å². The van der Waals surface area contributed by atoms with Gasteiger partial charge in [-0.3, -0.25) is 14.5 Å². The summed E-state index contributed by atoms with van der Waals surface area (Å²) in [6.07, 6.45) is -3.38. The van der Waals surface area contributed by atoms with Crippen LogP contribution in [0.25, 0.3) is 0 Å². The second-order valence-corrected chi connectivity index (χ2v) is 19.5. The molecule has 0 radical (unpaired) electrons. The smallest absolute Gasteiger partial charge is 0.311 e. The SMILES string of the molecule is CC/C=C\CC(=O)NCCCN1C[C@H](C)C[C@@](C)(O)[C@H](O[C@@H]2O[C@H](C)C[C@H](N(C)C)[C@H]2O)[C@@H](C)[C@H](O[C@H]2C[C@@](C)(OC)[C@@H](O)[C@H](C)O2)[C@@H](C)C(=O)O[C@H](CC)[C@@](C)(O)[C@H](O)[C@H]1C. The van der Waals surface area contributed by atoms with E-state index in [0.29, 0.717) is 32.5 Å². The molecule has 3 saturated heterocycles. The molecule has 3 aliphatic heterocycles. The molecule has 3 heterocycles. The molecular formula is C46H85N3O13. The van der Waals surface area contributed by atoms with Crippen molar-refractivity contribution in [1.29, 1.82) is 0 Å². The summed E-state index contributed by atoms with van der Waals surface area (Å²) in [7, 11) is 5.26. The van der Waals surface area contributed by atoms with E-state index >= 15 is 0 Å². The summed E-state index contributed by atoms with van der Waals surface area (Å²) in [6, 6.07) is -0.955. The number of aliphatic hydroxyl groups excluding tert-OH is 3. The number of carbonyl (C=O) groups is 2. The summed E-state index contributed by atoms with van der Waals surface area (Å²) >= 11 is 0. The number of aliphatic hydroxyl groups is 5. The van der Waals surface area contributed by atoms with Gasteiger partial charge in [0.25, 0.3) is 0 Å². The average Bonchev–Trinajstić information content (AvgIpc) is 3.20. The minimum Gasteiger partial charge on any atom is -0.459 e. The highest BCUT2D eigenvalue weighted by Crippen LogP contribution is 2.40. The van der Waals surface area contributed by atoms with E-state index in [2.05, 4.69) is 5.32 Å². The average molecular weight is 888 g/mol. The topological polar surface area (TPSA) is 209 Å². The van der Waals surface area contributed by atoms with Crippen LogP contribution in [-0.2, 0) is 38.0 Å². The zero-order chi connectivity index (χ0) is 46.9. The molecule has 0 aliphatic carbocycles. The maximum Gasteiger partial charge on any atom is 0.311 e. The van der Waals surface area contributed by atoms with Crippen LogP contribution in [0.3, 0.4) is 0 Å². The van der Waals surface area contributed by atoms with Gasteiger partial charge in [-0.05, 0) is 101 Å². The molecule has 18 atom stereocenters. The first-order valence-electron chi connectivity index (χ1n) is 23.0. The molecule has 16 heteroatoms. The Morgan fingerprint density at radius 1 is 0.968 bits per heavy atom. The van der Waals surface area contributed by atoms with Crippen LogP contribution < -0.4 is 5.32 Å². The molecule has 362 valence electrons. The molecule has 1 amide bonds. The van der Waals surface area contributed by atoms with Crippen LogP contribution in [-0.4, -0.2) is 178 Å². The summed E-state index contributed by atoms with van der Waals surface area (Å²) in [4.78, 5) is 30.9. The third kappa shape index (κ3) is 13.9. The van der Waals surface area contributed by atoms with E-state index in [9.17, 15) is 35.1 Å². The Morgan fingerprint density at radius 2 is 1.63 bits per heavy atom. The highest BCUT2D eigenvalue weighted by atomic mass is 16.7. The molecule has 0 spiro atoms. The number of esters is 1. The van der Waals surface area contributed by atoms with Crippen LogP contribution in [0.2, 0.25) is 0 Å². The molecule has 0 bridgehead atoms. The molecule has 0 unspecified atom stereocenters. The number of hydrogen-bond acceptors (Lipinski definition) is 15. The maximum absolute atomic E-state index is 14.5. The number of hydrogen-bond donors (Lipinski definition) is 6. The number of likely N-dealkylation sites (N-methyl/N-ethyl adjacent to an activating group) is 1. The van der Waals surface area contributed by atoms with Crippen LogP contribution in [0, 0.1) is 17.8 Å². The molecule has 3 aliphatic rings. The third-order valence-electron chi connectivity index (χ3n) is 13.7. The van der Waals surface area contributed by atoms with Gasteiger partial charge in [0, 0.05) is 57.6 Å². The lowest BCUT2D eigenvalue weighted by Gasteiger charge is -2.48. The van der Waals surface area contributed by atoms with Gasteiger partial charge in [-0.15, -0.1) is 0 Å². The van der Waals surface area contributed by atoms with Crippen molar-refractivity contribution in [2.24, 2.45) is 17.8 Å². The zero-order valence-electron chi connectivity index (χ0n) is 40.3. The number of nitrogens with zero attached hydrogens (tertiary/aromatic N) is 2. The second-order valence-electron chi connectivity index (χ2n) is 19.5. The normalized spacial score (nSPS) is 43.5. The van der Waals surface area contributed by atoms with E-state index in [1.54, 1.807) is 34.6 Å². The number of cyclic esters (lactones) is 1. The Bertz CT molecular complexity index is 1420. The van der Waals surface area contributed by atoms with E-state index in [0.717, 1.165) is 6.42 Å². The lowest BCUT2D eigenvalue weighted by Crippen LogP contribution is -2.60. The number of amides is 1. The number of ether oxygens (including phenoxy) is 6. The lowest BCUT2D eigenvalue weighted by atomic mass is 9.77. The Balaban J connectivity index is 2.14. The molecule has 0 aromatic heterocycles. The standard InChI is InChI=1S/C46H85N3O13/c1-15-17-18-20-35(50)47-21-19-22-49-26-27(3)24-44(9,55)41(62-43-37(51)33(48(12)13)23-28(4)58-43)29(5)38(61-36-25-45(10,57-14)40(53)32(8)59-36)30(6)42(54)60-34(16-2)46(11,56)39(52)31(49)7/h17-18,27-34,36-41,43,51-53,55-56H,15-16,19-26H2,1-14H3,(H,47,50)/b18-17-/t27-,28-,29+,30-,31-,32+,33+,34-,36+,37-,38+,39-,40+,41-,43+,44-,45-,46-/m1/s1. The fourth-order valence-electron chi connectivity index (χ4n) is 9.84. The molecule has 3 fully saturated rings. The third-order valence-corrected chi connectivity index (χ3v) is 13.7. The fourth-order valence-corrected chi connectivity index (χ4v) is 9.84. The summed E-state index contributed by atoms with van der Waals surface area (Å²) in [6.45, 7) is 20.8. The summed E-state index contributed by atoms with van der Waals surface area (Å²) in [5.74, 6) is -2.90. The second kappa shape index (κ2) is 23.6. The van der Waals surface area contributed by atoms with Gasteiger partial charge in [-0.25, -0.2) is 0 Å². The Morgan fingerprint density at radius 3 is 2.23 bits per heavy atom. The van der Waals surface area contributed by atoms with Crippen molar-refractivity contribution in [2.75, 3.05) is 40.8 Å². The van der Waals surface area contributed by atoms with Crippen LogP contribution in [0.5, 0.6) is 0 Å². The zero-order valence-corrected chi connectivity index (χ0v) is 40.3. The van der Waals surface area contributed by atoms with Gasteiger partial charge in [-0.2, -0.15) is 0 Å². The Hall–Kier alpha value is -1.80. The van der Waals surface area contributed by atoms with Crippen molar-refractivity contribution >= 4 is 11.9 Å². The van der Waals surface area contributed by atoms with Gasteiger partial charge >= 0.3 is 5.97 Å². The van der Waals surface area contributed by atoms with Crippen molar-refractivity contribution in [2.45, 2.75) is 211 Å². The summed E-state index contributed by atoms with van der Waals surface area (Å²) in [5.41, 5.74) is -4.58. The van der Waals surface area contributed by atoms with E-state index in [1.807, 2.05) is 70.7 Å². The molecule has 3 rings (SSSR count). The first-order chi connectivity index (χ1) is 28.8. The van der Waals surface area contributed by atoms with Crippen molar-refractivity contribution in [3.8, 4) is 0 Å². The van der Waals surface area contributed by atoms with Gasteiger partial charge in [0.2, 0.25) is 5.91 Å².